The number of benzene rings is 3. The molecule has 0 atom stereocenters. The number of hydrogen-bond acceptors (Lipinski definition) is 4. The number of rotatable bonds is 9. The first-order chi connectivity index (χ1) is 15.0. The van der Waals surface area contributed by atoms with Crippen molar-refractivity contribution in [3.63, 3.8) is 0 Å². The molecule has 0 bridgehead atoms. The molecule has 31 heavy (non-hydrogen) atoms. The van der Waals surface area contributed by atoms with Crippen molar-refractivity contribution in [2.24, 2.45) is 5.10 Å². The van der Waals surface area contributed by atoms with Crippen LogP contribution in [0.2, 0.25) is 10.0 Å². The molecule has 0 spiro atoms. The van der Waals surface area contributed by atoms with E-state index in [1.165, 1.54) is 6.21 Å². The van der Waals surface area contributed by atoms with Gasteiger partial charge in [0.15, 0.2) is 11.5 Å². The third-order valence-electron chi connectivity index (χ3n) is 4.24. The van der Waals surface area contributed by atoms with Gasteiger partial charge in [-0.3, -0.25) is 4.79 Å². The van der Waals surface area contributed by atoms with Crippen molar-refractivity contribution in [1.82, 2.24) is 5.43 Å². The molecule has 1 N–H and O–H groups in total. The first-order valence-electron chi connectivity index (χ1n) is 9.74. The predicted octanol–water partition coefficient (Wildman–Crippen LogP) is 5.66. The largest absolute Gasteiger partial charge is 0.490 e. The molecule has 5 nitrogen and oxygen atoms in total. The van der Waals surface area contributed by atoms with E-state index in [0.29, 0.717) is 40.3 Å². The van der Waals surface area contributed by atoms with Gasteiger partial charge in [-0.15, -0.1) is 0 Å². The Bertz CT molecular complexity index is 1040. The minimum atomic E-state index is -0.207. The maximum absolute atomic E-state index is 12.0. The summed E-state index contributed by atoms with van der Waals surface area (Å²) in [7, 11) is 0. The van der Waals surface area contributed by atoms with Crippen LogP contribution < -0.4 is 14.9 Å². The van der Waals surface area contributed by atoms with Crippen molar-refractivity contribution < 1.29 is 14.3 Å². The van der Waals surface area contributed by atoms with Gasteiger partial charge in [-0.25, -0.2) is 5.43 Å². The Hall–Kier alpha value is -3.02. The summed E-state index contributed by atoms with van der Waals surface area (Å²) in [6.45, 7) is 2.64. The van der Waals surface area contributed by atoms with Gasteiger partial charge in [0, 0.05) is 5.02 Å². The number of hydrazone groups is 1. The number of amides is 1. The predicted molar refractivity (Wildman–Crippen MR) is 124 cm³/mol. The third kappa shape index (κ3) is 7.02. The van der Waals surface area contributed by atoms with Crippen LogP contribution in [-0.4, -0.2) is 18.7 Å². The molecule has 0 aliphatic carbocycles. The molecule has 160 valence electrons. The molecule has 3 aromatic carbocycles. The fourth-order valence-electron chi connectivity index (χ4n) is 2.80. The summed E-state index contributed by atoms with van der Waals surface area (Å²) in [5.41, 5.74) is 5.06. The van der Waals surface area contributed by atoms with E-state index in [9.17, 15) is 4.79 Å². The van der Waals surface area contributed by atoms with E-state index >= 15 is 0 Å². The molecule has 0 aliphatic heterocycles. The Labute approximate surface area is 191 Å². The van der Waals surface area contributed by atoms with Crippen molar-refractivity contribution in [3.8, 4) is 11.5 Å². The van der Waals surface area contributed by atoms with Crippen molar-refractivity contribution >= 4 is 35.3 Å². The summed E-state index contributed by atoms with van der Waals surface area (Å²) in [6.07, 6.45) is 1.76. The van der Waals surface area contributed by atoms with Crippen LogP contribution >= 0.6 is 23.2 Å². The van der Waals surface area contributed by atoms with E-state index in [2.05, 4.69) is 10.5 Å². The monoisotopic (exact) mass is 456 g/mol. The molecule has 0 aromatic heterocycles. The standard InChI is InChI=1S/C24H22Cl2N2O3/c1-2-30-22-13-19(15-27-28-23(29)14-17-6-4-3-5-7-17)12-21(26)24(22)31-16-18-8-10-20(25)11-9-18/h3-13,15H,2,14,16H2,1H3,(H,28,29)/b27-15-. The van der Waals surface area contributed by atoms with Crippen LogP contribution in [0.15, 0.2) is 71.8 Å². The third-order valence-corrected chi connectivity index (χ3v) is 4.77. The molecule has 0 fully saturated rings. The second-order valence-corrected chi connectivity index (χ2v) is 7.48. The molecular weight excluding hydrogens is 435 g/mol. The highest BCUT2D eigenvalue weighted by Gasteiger charge is 2.13. The molecule has 0 unspecified atom stereocenters. The van der Waals surface area contributed by atoms with Crippen LogP contribution in [0.3, 0.4) is 0 Å². The van der Waals surface area contributed by atoms with E-state index in [1.54, 1.807) is 24.3 Å². The van der Waals surface area contributed by atoms with Crippen molar-refractivity contribution in [3.05, 3.63) is 93.5 Å². The number of halogens is 2. The summed E-state index contributed by atoms with van der Waals surface area (Å²) in [6, 6.07) is 20.3. The smallest absolute Gasteiger partial charge is 0.244 e. The van der Waals surface area contributed by atoms with E-state index in [4.69, 9.17) is 32.7 Å². The van der Waals surface area contributed by atoms with E-state index in [0.717, 1.165) is 11.1 Å². The molecule has 0 saturated carbocycles. The van der Waals surface area contributed by atoms with Gasteiger partial charge in [0.1, 0.15) is 6.61 Å². The van der Waals surface area contributed by atoms with E-state index < -0.39 is 0 Å². The van der Waals surface area contributed by atoms with Gasteiger partial charge in [-0.2, -0.15) is 5.10 Å². The number of nitrogens with one attached hydrogen (secondary N) is 1. The summed E-state index contributed by atoms with van der Waals surface area (Å²) >= 11 is 12.4. The van der Waals surface area contributed by atoms with Gasteiger partial charge in [0.05, 0.1) is 24.3 Å². The summed E-state index contributed by atoms with van der Waals surface area (Å²) < 4.78 is 11.6. The zero-order chi connectivity index (χ0) is 22.1. The fourth-order valence-corrected chi connectivity index (χ4v) is 3.20. The Morgan fingerprint density at radius 2 is 1.74 bits per heavy atom. The molecule has 0 heterocycles. The molecule has 0 aliphatic rings. The number of carbonyl (C=O) groups is 1. The van der Waals surface area contributed by atoms with Gasteiger partial charge in [-0.05, 0) is 47.9 Å². The second kappa shape index (κ2) is 11.4. The van der Waals surface area contributed by atoms with Crippen LogP contribution in [0.4, 0.5) is 0 Å². The lowest BCUT2D eigenvalue weighted by Crippen LogP contribution is -2.19. The zero-order valence-electron chi connectivity index (χ0n) is 17.0. The Morgan fingerprint density at radius 3 is 2.45 bits per heavy atom. The van der Waals surface area contributed by atoms with Crippen LogP contribution in [0.5, 0.6) is 11.5 Å². The number of hydrogen-bond donors (Lipinski definition) is 1. The Balaban J connectivity index is 1.66. The maximum Gasteiger partial charge on any atom is 0.244 e. The number of carbonyl (C=O) groups excluding carboxylic acids is 1. The minimum Gasteiger partial charge on any atom is -0.490 e. The van der Waals surface area contributed by atoms with Crippen LogP contribution in [-0.2, 0) is 17.8 Å². The normalized spacial score (nSPS) is 10.8. The number of nitrogens with zero attached hydrogens (tertiary/aromatic N) is 1. The SMILES string of the molecule is CCOc1cc(/C=N\NC(=O)Cc2ccccc2)cc(Cl)c1OCc1ccc(Cl)cc1. The minimum absolute atomic E-state index is 0.207. The average molecular weight is 457 g/mol. The Morgan fingerprint density at radius 1 is 1.00 bits per heavy atom. The summed E-state index contributed by atoms with van der Waals surface area (Å²) in [5, 5.41) is 5.07. The van der Waals surface area contributed by atoms with Crippen LogP contribution in [0, 0.1) is 0 Å². The second-order valence-electron chi connectivity index (χ2n) is 6.63. The van der Waals surface area contributed by atoms with Crippen LogP contribution in [0.1, 0.15) is 23.6 Å². The average Bonchev–Trinajstić information content (AvgIpc) is 2.75. The molecule has 3 aromatic rings. The molecule has 7 heteroatoms. The lowest BCUT2D eigenvalue weighted by Gasteiger charge is -2.14. The first kappa shape index (κ1) is 22.7. The highest BCUT2D eigenvalue weighted by atomic mass is 35.5. The molecular formula is C24H22Cl2N2O3. The fraction of sp³-hybridized carbons (Fsp3) is 0.167. The van der Waals surface area contributed by atoms with Gasteiger partial charge in [0.25, 0.3) is 0 Å². The lowest BCUT2D eigenvalue weighted by molar-refractivity contribution is -0.120. The highest BCUT2D eigenvalue weighted by Crippen LogP contribution is 2.37. The summed E-state index contributed by atoms with van der Waals surface area (Å²) in [4.78, 5) is 12.0. The Kier molecular flexibility index (Phi) is 8.33. The number of ether oxygens (including phenoxy) is 2. The van der Waals surface area contributed by atoms with Gasteiger partial charge < -0.3 is 9.47 Å². The topological polar surface area (TPSA) is 59.9 Å². The van der Waals surface area contributed by atoms with E-state index in [1.807, 2.05) is 49.4 Å². The van der Waals surface area contributed by atoms with Crippen molar-refractivity contribution in [2.45, 2.75) is 20.0 Å². The van der Waals surface area contributed by atoms with Crippen LogP contribution in [0.25, 0.3) is 0 Å². The lowest BCUT2D eigenvalue weighted by atomic mass is 10.1. The van der Waals surface area contributed by atoms with Gasteiger partial charge in [-0.1, -0.05) is 65.7 Å². The zero-order valence-corrected chi connectivity index (χ0v) is 18.5. The first-order valence-corrected chi connectivity index (χ1v) is 10.5. The van der Waals surface area contributed by atoms with E-state index in [-0.39, 0.29) is 12.3 Å². The molecule has 1 amide bonds. The summed E-state index contributed by atoms with van der Waals surface area (Å²) in [5.74, 6) is 0.742. The van der Waals surface area contributed by atoms with Gasteiger partial charge >= 0.3 is 0 Å². The molecule has 3 rings (SSSR count). The van der Waals surface area contributed by atoms with Crippen molar-refractivity contribution in [2.75, 3.05) is 6.61 Å². The highest BCUT2D eigenvalue weighted by molar-refractivity contribution is 6.32. The quantitative estimate of drug-likeness (QED) is 0.333. The molecule has 0 radical (unpaired) electrons. The van der Waals surface area contributed by atoms with Gasteiger partial charge in [0.2, 0.25) is 5.91 Å². The van der Waals surface area contributed by atoms with Crippen molar-refractivity contribution in [1.29, 1.82) is 0 Å². The molecule has 0 saturated heterocycles. The maximum atomic E-state index is 12.0.